The minimum Gasteiger partial charge on any atom is -0.383 e. The predicted octanol–water partition coefficient (Wildman–Crippen LogP) is -0.478. The molecule has 2 N–H and O–H groups in total. The average molecular weight is 361 g/mol. The molecule has 2 aromatic rings. The van der Waals surface area contributed by atoms with Crippen molar-refractivity contribution in [2.24, 2.45) is 5.92 Å². The Balaban J connectivity index is 1.70. The topological polar surface area (TPSA) is 61.7 Å². The highest BCUT2D eigenvalue weighted by molar-refractivity contribution is 5.27. The molecule has 1 atom stereocenters. The zero-order chi connectivity index (χ0) is 18.4. The molecule has 0 unspecified atom stereocenters. The van der Waals surface area contributed by atoms with E-state index >= 15 is 0 Å². The van der Waals surface area contributed by atoms with Gasteiger partial charge in [-0.3, -0.25) is 4.90 Å². The number of hydrogen-bond donors (Lipinski definition) is 2. The molecular weight excluding hydrogens is 328 g/mol. The van der Waals surface area contributed by atoms with Crippen LogP contribution >= 0.6 is 0 Å². The smallest absolute Gasteiger partial charge is 0.209 e. The van der Waals surface area contributed by atoms with Crippen molar-refractivity contribution >= 4 is 5.69 Å². The van der Waals surface area contributed by atoms with Crippen LogP contribution in [0.25, 0.3) is 0 Å². The Morgan fingerprint density at radius 1 is 1.12 bits per heavy atom. The zero-order valence-electron chi connectivity index (χ0n) is 16.2. The second kappa shape index (κ2) is 9.21. The molecule has 26 heavy (non-hydrogen) atoms. The number of nitrogens with one attached hydrogen (secondary N) is 2. The van der Waals surface area contributed by atoms with Gasteiger partial charge in [0, 0.05) is 13.5 Å². The summed E-state index contributed by atoms with van der Waals surface area (Å²) in [6, 6.07) is 11.2. The Labute approximate surface area is 155 Å². The van der Waals surface area contributed by atoms with Crippen molar-refractivity contribution < 1.29 is 14.5 Å². The molecule has 1 aromatic heterocycles. The van der Waals surface area contributed by atoms with E-state index in [1.807, 2.05) is 4.68 Å². The molecule has 1 aromatic carbocycles. The lowest BCUT2D eigenvalue weighted by Crippen LogP contribution is -3.26. The minimum absolute atomic E-state index is 0.346. The van der Waals surface area contributed by atoms with E-state index in [2.05, 4.69) is 59.7 Å². The molecule has 2 heterocycles. The lowest BCUT2D eigenvalue weighted by molar-refractivity contribution is -1.01. The summed E-state index contributed by atoms with van der Waals surface area (Å²) in [6.45, 7) is 10.5. The largest absolute Gasteiger partial charge is 0.383 e. The highest BCUT2D eigenvalue weighted by atomic mass is 16.5. The van der Waals surface area contributed by atoms with Crippen LogP contribution < -0.4 is 9.80 Å². The van der Waals surface area contributed by atoms with Crippen molar-refractivity contribution in [1.82, 2.24) is 20.2 Å². The van der Waals surface area contributed by atoms with Gasteiger partial charge in [0.05, 0.1) is 13.2 Å². The summed E-state index contributed by atoms with van der Waals surface area (Å²) in [7, 11) is 1.71. The van der Waals surface area contributed by atoms with Crippen LogP contribution in [-0.2, 0) is 11.3 Å². The lowest BCUT2D eigenvalue weighted by Gasteiger charge is -2.34. The fourth-order valence-electron chi connectivity index (χ4n) is 3.91. The first-order valence-corrected chi connectivity index (χ1v) is 9.68. The van der Waals surface area contributed by atoms with E-state index in [1.165, 1.54) is 5.69 Å². The molecule has 142 valence electrons. The van der Waals surface area contributed by atoms with Gasteiger partial charge < -0.3 is 9.64 Å². The van der Waals surface area contributed by atoms with E-state index < -0.39 is 0 Å². The number of piperazine rings is 1. The number of quaternary nitrogens is 2. The number of ether oxygens (including phenoxy) is 1. The monoisotopic (exact) mass is 360 g/mol. The third-order valence-corrected chi connectivity index (χ3v) is 5.26. The normalized spacial score (nSPS) is 21.8. The molecule has 1 aliphatic rings. The number of benzene rings is 1. The summed E-state index contributed by atoms with van der Waals surface area (Å²) >= 11 is 0. The summed E-state index contributed by atoms with van der Waals surface area (Å²) in [6.07, 6.45) is 1.10. The van der Waals surface area contributed by atoms with Crippen molar-refractivity contribution in [2.45, 2.75) is 32.9 Å². The summed E-state index contributed by atoms with van der Waals surface area (Å²) in [5.41, 5.74) is 1.40. The van der Waals surface area contributed by atoms with Gasteiger partial charge in [0.15, 0.2) is 6.04 Å². The quantitative estimate of drug-likeness (QED) is 0.668. The van der Waals surface area contributed by atoms with Crippen LogP contribution in [0.1, 0.15) is 32.1 Å². The van der Waals surface area contributed by atoms with Crippen molar-refractivity contribution in [2.75, 3.05) is 39.9 Å². The lowest BCUT2D eigenvalue weighted by atomic mass is 10.0. The van der Waals surface area contributed by atoms with Crippen LogP contribution in [0.3, 0.4) is 0 Å². The molecule has 0 saturated carbocycles. The van der Waals surface area contributed by atoms with E-state index in [-0.39, 0.29) is 0 Å². The fraction of sp³-hybridized carbons (Fsp3) is 0.632. The number of hydrogen-bond acceptors (Lipinski definition) is 4. The van der Waals surface area contributed by atoms with Crippen LogP contribution in [-0.4, -0.2) is 60.1 Å². The van der Waals surface area contributed by atoms with E-state index in [9.17, 15) is 0 Å². The Hall–Kier alpha value is -1.83. The maximum Gasteiger partial charge on any atom is 0.209 e. The molecule has 3 rings (SSSR count). The second-order valence-electron chi connectivity index (χ2n) is 7.56. The third kappa shape index (κ3) is 4.66. The molecule has 1 fully saturated rings. The van der Waals surface area contributed by atoms with E-state index in [0.717, 1.165) is 38.4 Å². The summed E-state index contributed by atoms with van der Waals surface area (Å²) in [4.78, 5) is 3.18. The molecule has 1 aliphatic heterocycles. The highest BCUT2D eigenvalue weighted by Crippen LogP contribution is 2.16. The third-order valence-electron chi connectivity index (χ3n) is 5.26. The Morgan fingerprint density at radius 3 is 2.50 bits per heavy atom. The van der Waals surface area contributed by atoms with Gasteiger partial charge in [-0.1, -0.05) is 32.0 Å². The molecule has 7 nitrogen and oxygen atoms in total. The van der Waals surface area contributed by atoms with Gasteiger partial charge in [0.25, 0.3) is 0 Å². The molecule has 0 amide bonds. The SMILES string of the molecule is COCCn1nnnc1[C@@H](CC(C)C)[NH+]1CC[NH+](c2ccccc2)CC1. The maximum atomic E-state index is 5.21. The van der Waals surface area contributed by atoms with Gasteiger partial charge in [-0.05, 0) is 28.5 Å². The Bertz CT molecular complexity index is 651. The molecule has 0 radical (unpaired) electrons. The van der Waals surface area contributed by atoms with E-state index in [4.69, 9.17) is 4.74 Å². The average Bonchev–Trinajstić information content (AvgIpc) is 3.13. The molecule has 0 spiro atoms. The van der Waals surface area contributed by atoms with Crippen LogP contribution in [0.15, 0.2) is 30.3 Å². The summed E-state index contributed by atoms with van der Waals surface area (Å²) in [5, 5.41) is 12.5. The highest BCUT2D eigenvalue weighted by Gasteiger charge is 2.35. The van der Waals surface area contributed by atoms with E-state index in [1.54, 1.807) is 16.9 Å². The van der Waals surface area contributed by atoms with Gasteiger partial charge in [-0.15, -0.1) is 5.10 Å². The van der Waals surface area contributed by atoms with E-state index in [0.29, 0.717) is 25.1 Å². The number of rotatable bonds is 8. The first-order valence-electron chi connectivity index (χ1n) is 9.68. The van der Waals surface area contributed by atoms with Crippen LogP contribution in [0, 0.1) is 5.92 Å². The molecule has 1 saturated heterocycles. The number of tetrazole rings is 1. The summed E-state index contributed by atoms with van der Waals surface area (Å²) < 4.78 is 7.14. The van der Waals surface area contributed by atoms with Crippen molar-refractivity contribution in [3.05, 3.63) is 36.2 Å². The van der Waals surface area contributed by atoms with Crippen molar-refractivity contribution in [1.29, 1.82) is 0 Å². The fourth-order valence-corrected chi connectivity index (χ4v) is 3.91. The number of methoxy groups -OCH3 is 1. The minimum atomic E-state index is 0.346. The summed E-state index contributed by atoms with van der Waals surface area (Å²) in [5.74, 6) is 1.62. The zero-order valence-corrected chi connectivity index (χ0v) is 16.2. The van der Waals surface area contributed by atoms with Crippen molar-refractivity contribution in [3.63, 3.8) is 0 Å². The van der Waals surface area contributed by atoms with Gasteiger partial charge >= 0.3 is 0 Å². The second-order valence-corrected chi connectivity index (χ2v) is 7.56. The Morgan fingerprint density at radius 2 is 1.85 bits per heavy atom. The number of nitrogens with zero attached hydrogens (tertiary/aromatic N) is 4. The van der Waals surface area contributed by atoms with Crippen LogP contribution in [0.4, 0.5) is 5.69 Å². The first kappa shape index (κ1) is 18.9. The van der Waals surface area contributed by atoms with Gasteiger partial charge in [0.1, 0.15) is 31.9 Å². The van der Waals surface area contributed by atoms with Crippen LogP contribution in [0.5, 0.6) is 0 Å². The van der Waals surface area contributed by atoms with Crippen molar-refractivity contribution in [3.8, 4) is 0 Å². The maximum absolute atomic E-state index is 5.21. The molecular formula is C19H32N6O+2. The van der Waals surface area contributed by atoms with Gasteiger partial charge in [-0.25, -0.2) is 4.68 Å². The predicted molar refractivity (Wildman–Crippen MR) is 99.4 cm³/mol. The Kier molecular flexibility index (Phi) is 6.71. The van der Waals surface area contributed by atoms with Gasteiger partial charge in [-0.2, -0.15) is 0 Å². The molecule has 0 bridgehead atoms. The molecule has 7 heteroatoms. The van der Waals surface area contributed by atoms with Gasteiger partial charge in [0.2, 0.25) is 5.82 Å². The first-order chi connectivity index (χ1) is 12.7. The number of para-hydroxylation sites is 1. The standard InChI is InChI=1S/C19H30N6O/c1-16(2)15-18(19-20-21-22-25(19)13-14-26-3)24-11-9-23(10-12-24)17-7-5-4-6-8-17/h4-8,16,18H,9-15H2,1-3H3/p+2/t18-/m1/s1. The molecule has 0 aliphatic carbocycles. The van der Waals surface area contributed by atoms with Crippen LogP contribution in [0.2, 0.25) is 0 Å². The number of aromatic nitrogens is 4.